The molecule has 3 nitrogen and oxygen atoms in total. The van der Waals surface area contributed by atoms with Gasteiger partial charge in [0.05, 0.1) is 5.60 Å². The van der Waals surface area contributed by atoms with E-state index in [0.29, 0.717) is 0 Å². The lowest BCUT2D eigenvalue weighted by Gasteiger charge is -2.36. The third-order valence-corrected chi connectivity index (χ3v) is 3.59. The topological polar surface area (TPSA) is 15.7 Å². The zero-order valence-corrected chi connectivity index (χ0v) is 11.5. The lowest BCUT2D eigenvalue weighted by atomic mass is 10.0. The fourth-order valence-electron chi connectivity index (χ4n) is 2.08. The Labute approximate surface area is 101 Å². The maximum Gasteiger partial charge on any atom is 0.0634 e. The van der Waals surface area contributed by atoms with Crippen molar-refractivity contribution in [3.63, 3.8) is 0 Å². The molecule has 1 fully saturated rings. The summed E-state index contributed by atoms with van der Waals surface area (Å²) in [7, 11) is 1.80. The van der Waals surface area contributed by atoms with Crippen molar-refractivity contribution in [1.82, 2.24) is 9.80 Å². The third kappa shape index (κ3) is 4.81. The van der Waals surface area contributed by atoms with E-state index in [0.717, 1.165) is 6.42 Å². The molecule has 0 aliphatic carbocycles. The van der Waals surface area contributed by atoms with Crippen molar-refractivity contribution in [1.29, 1.82) is 0 Å². The molecule has 0 bridgehead atoms. The number of ether oxygens (including phenoxy) is 1. The fourth-order valence-corrected chi connectivity index (χ4v) is 2.08. The second-order valence-electron chi connectivity index (χ2n) is 5.40. The monoisotopic (exact) mass is 228 g/mol. The minimum atomic E-state index is 0.0283. The smallest absolute Gasteiger partial charge is 0.0634 e. The van der Waals surface area contributed by atoms with Crippen LogP contribution in [0.15, 0.2) is 0 Å². The summed E-state index contributed by atoms with van der Waals surface area (Å²) >= 11 is 0. The molecule has 0 unspecified atom stereocenters. The Morgan fingerprint density at radius 2 is 1.50 bits per heavy atom. The number of hydrogen-bond donors (Lipinski definition) is 0. The van der Waals surface area contributed by atoms with Crippen LogP contribution in [0.2, 0.25) is 0 Å². The first-order valence-electron chi connectivity index (χ1n) is 6.57. The molecule has 16 heavy (non-hydrogen) atoms. The van der Waals surface area contributed by atoms with Crippen molar-refractivity contribution in [2.24, 2.45) is 0 Å². The Morgan fingerprint density at radius 3 is 1.94 bits per heavy atom. The van der Waals surface area contributed by atoms with E-state index < -0.39 is 0 Å². The minimum Gasteiger partial charge on any atom is -0.379 e. The molecule has 0 aromatic carbocycles. The second kappa shape index (κ2) is 6.58. The Morgan fingerprint density at radius 1 is 1.00 bits per heavy atom. The maximum absolute atomic E-state index is 5.45. The summed E-state index contributed by atoms with van der Waals surface area (Å²) in [6.45, 7) is 13.9. The van der Waals surface area contributed by atoms with Gasteiger partial charge in [0.1, 0.15) is 0 Å². The summed E-state index contributed by atoms with van der Waals surface area (Å²) in [5.41, 5.74) is 0.0283. The lowest BCUT2D eigenvalue weighted by molar-refractivity contribution is 0.00334. The summed E-state index contributed by atoms with van der Waals surface area (Å²) < 4.78 is 5.45. The van der Waals surface area contributed by atoms with Crippen molar-refractivity contribution in [2.45, 2.75) is 39.2 Å². The Balaban J connectivity index is 2.17. The van der Waals surface area contributed by atoms with Gasteiger partial charge in [-0.2, -0.15) is 0 Å². The van der Waals surface area contributed by atoms with E-state index in [1.165, 1.54) is 45.7 Å². The summed E-state index contributed by atoms with van der Waals surface area (Å²) in [5, 5.41) is 0. The molecule has 1 aliphatic heterocycles. The molecule has 0 aromatic heterocycles. The number of rotatable bonds is 6. The fraction of sp³-hybridized carbons (Fsp3) is 1.00. The van der Waals surface area contributed by atoms with Crippen molar-refractivity contribution in [2.75, 3.05) is 46.4 Å². The lowest BCUT2D eigenvalue weighted by Crippen LogP contribution is -2.47. The van der Waals surface area contributed by atoms with Gasteiger partial charge < -0.3 is 14.5 Å². The zero-order chi connectivity index (χ0) is 12.0. The SMILES string of the molecule is CCCN1CCN(CCC(C)(C)OC)CC1. The predicted molar refractivity (Wildman–Crippen MR) is 68.9 cm³/mol. The molecule has 0 spiro atoms. The average Bonchev–Trinajstić information content (AvgIpc) is 2.29. The van der Waals surface area contributed by atoms with Crippen LogP contribution in [-0.2, 0) is 4.74 Å². The van der Waals surface area contributed by atoms with Gasteiger partial charge in [0, 0.05) is 39.8 Å². The van der Waals surface area contributed by atoms with Crippen molar-refractivity contribution < 1.29 is 4.74 Å². The number of methoxy groups -OCH3 is 1. The molecule has 1 saturated heterocycles. The molecule has 0 atom stereocenters. The van der Waals surface area contributed by atoms with Gasteiger partial charge in [0.2, 0.25) is 0 Å². The number of hydrogen-bond acceptors (Lipinski definition) is 3. The molecular weight excluding hydrogens is 200 g/mol. The molecule has 3 heteroatoms. The van der Waals surface area contributed by atoms with Crippen LogP contribution in [-0.4, -0.2) is 61.8 Å². The van der Waals surface area contributed by atoms with Crippen LogP contribution in [0.1, 0.15) is 33.6 Å². The first-order chi connectivity index (χ1) is 7.57. The molecular formula is C13H28N2O. The standard InChI is InChI=1S/C13H28N2O/c1-5-7-14-9-11-15(12-10-14)8-6-13(2,3)16-4/h5-12H2,1-4H3. The van der Waals surface area contributed by atoms with E-state index >= 15 is 0 Å². The highest BCUT2D eigenvalue weighted by molar-refractivity contribution is 4.75. The highest BCUT2D eigenvalue weighted by Crippen LogP contribution is 2.14. The molecule has 96 valence electrons. The zero-order valence-electron chi connectivity index (χ0n) is 11.5. The average molecular weight is 228 g/mol. The van der Waals surface area contributed by atoms with Gasteiger partial charge in [-0.25, -0.2) is 0 Å². The van der Waals surface area contributed by atoms with E-state index in [1.54, 1.807) is 7.11 Å². The van der Waals surface area contributed by atoms with Gasteiger partial charge in [-0.15, -0.1) is 0 Å². The number of nitrogens with zero attached hydrogens (tertiary/aromatic N) is 2. The summed E-state index contributed by atoms with van der Waals surface area (Å²) in [6.07, 6.45) is 2.40. The molecule has 0 saturated carbocycles. The van der Waals surface area contributed by atoms with Gasteiger partial charge in [0.15, 0.2) is 0 Å². The molecule has 0 aromatic rings. The highest BCUT2D eigenvalue weighted by atomic mass is 16.5. The predicted octanol–water partition coefficient (Wildman–Crippen LogP) is 1.83. The van der Waals surface area contributed by atoms with Crippen molar-refractivity contribution >= 4 is 0 Å². The summed E-state index contributed by atoms with van der Waals surface area (Å²) in [6, 6.07) is 0. The molecule has 0 N–H and O–H groups in total. The summed E-state index contributed by atoms with van der Waals surface area (Å²) in [5.74, 6) is 0. The molecule has 0 radical (unpaired) electrons. The van der Waals surface area contributed by atoms with E-state index in [2.05, 4.69) is 30.6 Å². The second-order valence-corrected chi connectivity index (χ2v) is 5.40. The van der Waals surface area contributed by atoms with Gasteiger partial charge in [-0.3, -0.25) is 0 Å². The highest BCUT2D eigenvalue weighted by Gasteiger charge is 2.20. The molecule has 1 aliphatic rings. The van der Waals surface area contributed by atoms with Crippen LogP contribution < -0.4 is 0 Å². The summed E-state index contributed by atoms with van der Waals surface area (Å²) in [4.78, 5) is 5.13. The Bertz CT molecular complexity index is 186. The largest absolute Gasteiger partial charge is 0.379 e. The van der Waals surface area contributed by atoms with Gasteiger partial charge in [0.25, 0.3) is 0 Å². The first-order valence-corrected chi connectivity index (χ1v) is 6.57. The normalized spacial score (nSPS) is 20.2. The van der Waals surface area contributed by atoms with Gasteiger partial charge >= 0.3 is 0 Å². The minimum absolute atomic E-state index is 0.0283. The quantitative estimate of drug-likeness (QED) is 0.690. The van der Waals surface area contributed by atoms with Crippen LogP contribution >= 0.6 is 0 Å². The van der Waals surface area contributed by atoms with Gasteiger partial charge in [-0.05, 0) is 33.2 Å². The molecule has 1 heterocycles. The van der Waals surface area contributed by atoms with Crippen molar-refractivity contribution in [3.8, 4) is 0 Å². The maximum atomic E-state index is 5.45. The first kappa shape index (κ1) is 13.9. The third-order valence-electron chi connectivity index (χ3n) is 3.59. The van der Waals surface area contributed by atoms with E-state index in [9.17, 15) is 0 Å². The Kier molecular flexibility index (Phi) is 5.73. The molecule has 1 rings (SSSR count). The van der Waals surface area contributed by atoms with Gasteiger partial charge in [-0.1, -0.05) is 6.92 Å². The molecule has 0 amide bonds. The van der Waals surface area contributed by atoms with Crippen LogP contribution in [0.3, 0.4) is 0 Å². The Hall–Kier alpha value is -0.120. The van der Waals surface area contributed by atoms with Crippen LogP contribution in [0.4, 0.5) is 0 Å². The van der Waals surface area contributed by atoms with E-state index in [4.69, 9.17) is 4.74 Å². The van der Waals surface area contributed by atoms with Crippen LogP contribution in [0, 0.1) is 0 Å². The van der Waals surface area contributed by atoms with Crippen molar-refractivity contribution in [3.05, 3.63) is 0 Å². The van der Waals surface area contributed by atoms with E-state index in [-0.39, 0.29) is 5.60 Å². The number of piperazine rings is 1. The van der Waals surface area contributed by atoms with Crippen LogP contribution in [0.5, 0.6) is 0 Å². The van der Waals surface area contributed by atoms with E-state index in [1.807, 2.05) is 0 Å². The van der Waals surface area contributed by atoms with Crippen LogP contribution in [0.25, 0.3) is 0 Å².